The molecule has 0 aliphatic carbocycles. The fourth-order valence-corrected chi connectivity index (χ4v) is 2.07. The van der Waals surface area contributed by atoms with E-state index in [1.807, 2.05) is 74.5 Å². The Morgan fingerprint density at radius 1 is 1.00 bits per heavy atom. The minimum Gasteiger partial charge on any atom is -0.345 e. The van der Waals surface area contributed by atoms with E-state index in [0.717, 1.165) is 11.1 Å². The normalized spacial score (nSPS) is 11.4. The van der Waals surface area contributed by atoms with E-state index in [1.165, 1.54) is 0 Å². The number of hydrogen-bond acceptors (Lipinski definition) is 2. The van der Waals surface area contributed by atoms with Crippen molar-refractivity contribution in [1.29, 1.82) is 0 Å². The van der Waals surface area contributed by atoms with E-state index in [2.05, 4.69) is 5.32 Å². The second kappa shape index (κ2) is 6.55. The van der Waals surface area contributed by atoms with Gasteiger partial charge in [0.25, 0.3) is 0 Å². The van der Waals surface area contributed by atoms with E-state index in [4.69, 9.17) is 5.73 Å². The van der Waals surface area contributed by atoms with Crippen LogP contribution in [0.5, 0.6) is 0 Å². The quantitative estimate of drug-likeness (QED) is 0.886. The van der Waals surface area contributed by atoms with Crippen molar-refractivity contribution in [3.8, 4) is 0 Å². The predicted molar refractivity (Wildman–Crippen MR) is 85.7 cm³/mol. The maximum atomic E-state index is 12.5. The summed E-state index contributed by atoms with van der Waals surface area (Å²) in [6.07, 6.45) is 0. The molecular formula is C18H22N2O. The van der Waals surface area contributed by atoms with E-state index < -0.39 is 5.41 Å². The van der Waals surface area contributed by atoms with Crippen LogP contribution in [0.15, 0.2) is 60.7 Å². The molecule has 0 bridgehead atoms. The molecule has 0 spiro atoms. The number of benzene rings is 2. The monoisotopic (exact) mass is 282 g/mol. The third kappa shape index (κ3) is 3.70. The fraction of sp³-hybridized carbons (Fsp3) is 0.278. The zero-order chi connectivity index (χ0) is 15.3. The van der Waals surface area contributed by atoms with Gasteiger partial charge in [0.1, 0.15) is 0 Å². The Morgan fingerprint density at radius 2 is 1.43 bits per heavy atom. The second-order valence-electron chi connectivity index (χ2n) is 5.82. The van der Waals surface area contributed by atoms with Crippen molar-refractivity contribution >= 4 is 5.91 Å². The first-order chi connectivity index (χ1) is 10.0. The Labute approximate surface area is 126 Å². The van der Waals surface area contributed by atoms with Gasteiger partial charge in [0.2, 0.25) is 5.91 Å². The third-order valence-corrected chi connectivity index (χ3v) is 3.67. The number of hydrogen-bond donors (Lipinski definition) is 2. The SMILES string of the molecule is CC(C)(CN)C(=O)NC(c1ccccc1)c1ccccc1. The molecule has 0 radical (unpaired) electrons. The highest BCUT2D eigenvalue weighted by Crippen LogP contribution is 2.24. The molecule has 0 saturated carbocycles. The summed E-state index contributed by atoms with van der Waals surface area (Å²) >= 11 is 0. The summed E-state index contributed by atoms with van der Waals surface area (Å²) in [5.74, 6) is -0.0392. The van der Waals surface area contributed by atoms with Crippen molar-refractivity contribution in [3.05, 3.63) is 71.8 Å². The van der Waals surface area contributed by atoms with Gasteiger partial charge in [-0.15, -0.1) is 0 Å². The standard InChI is InChI=1S/C18H22N2O/c1-18(2,13-19)17(21)20-16(14-9-5-3-6-10-14)15-11-7-4-8-12-15/h3-12,16H,13,19H2,1-2H3,(H,20,21). The first-order valence-corrected chi connectivity index (χ1v) is 7.15. The van der Waals surface area contributed by atoms with Crippen LogP contribution in [0.2, 0.25) is 0 Å². The number of rotatable bonds is 5. The van der Waals surface area contributed by atoms with Gasteiger partial charge in [-0.3, -0.25) is 4.79 Å². The molecule has 0 atom stereocenters. The van der Waals surface area contributed by atoms with Crippen molar-refractivity contribution in [2.45, 2.75) is 19.9 Å². The molecule has 0 unspecified atom stereocenters. The molecule has 0 heterocycles. The van der Waals surface area contributed by atoms with E-state index in [1.54, 1.807) is 0 Å². The molecule has 2 aromatic rings. The molecule has 3 heteroatoms. The van der Waals surface area contributed by atoms with Gasteiger partial charge in [0.15, 0.2) is 0 Å². The molecular weight excluding hydrogens is 260 g/mol. The number of nitrogens with two attached hydrogens (primary N) is 1. The highest BCUT2D eigenvalue weighted by atomic mass is 16.2. The maximum Gasteiger partial charge on any atom is 0.227 e. The van der Waals surface area contributed by atoms with E-state index >= 15 is 0 Å². The lowest BCUT2D eigenvalue weighted by atomic mass is 9.90. The van der Waals surface area contributed by atoms with Crippen molar-refractivity contribution in [2.24, 2.45) is 11.1 Å². The van der Waals surface area contributed by atoms with Crippen LogP contribution in [0.4, 0.5) is 0 Å². The zero-order valence-electron chi connectivity index (χ0n) is 12.5. The fourth-order valence-electron chi connectivity index (χ4n) is 2.07. The van der Waals surface area contributed by atoms with Crippen LogP contribution in [0.25, 0.3) is 0 Å². The molecule has 3 nitrogen and oxygen atoms in total. The largest absolute Gasteiger partial charge is 0.345 e. The summed E-state index contributed by atoms with van der Waals surface area (Å²) in [5, 5.41) is 3.12. The topological polar surface area (TPSA) is 55.1 Å². The molecule has 0 aliphatic rings. The van der Waals surface area contributed by atoms with Crippen molar-refractivity contribution in [2.75, 3.05) is 6.54 Å². The number of carbonyl (C=O) groups is 1. The highest BCUT2D eigenvalue weighted by Gasteiger charge is 2.28. The summed E-state index contributed by atoms with van der Waals surface area (Å²) in [5.41, 5.74) is 7.24. The van der Waals surface area contributed by atoms with Crippen LogP contribution in [-0.4, -0.2) is 12.5 Å². The van der Waals surface area contributed by atoms with Gasteiger partial charge in [-0.05, 0) is 25.0 Å². The lowest BCUT2D eigenvalue weighted by Crippen LogP contribution is -2.43. The third-order valence-electron chi connectivity index (χ3n) is 3.67. The Morgan fingerprint density at radius 3 is 1.81 bits per heavy atom. The predicted octanol–water partition coefficient (Wildman–Crippen LogP) is 2.88. The average molecular weight is 282 g/mol. The average Bonchev–Trinajstić information content (AvgIpc) is 2.54. The lowest BCUT2D eigenvalue weighted by molar-refractivity contribution is -0.129. The summed E-state index contributed by atoms with van der Waals surface area (Å²) < 4.78 is 0. The number of carbonyl (C=O) groups excluding carboxylic acids is 1. The molecule has 2 aromatic carbocycles. The summed E-state index contributed by atoms with van der Waals surface area (Å²) in [7, 11) is 0. The molecule has 0 aliphatic heterocycles. The van der Waals surface area contributed by atoms with Gasteiger partial charge in [-0.1, -0.05) is 60.7 Å². The highest BCUT2D eigenvalue weighted by molar-refractivity contribution is 5.82. The minimum absolute atomic E-state index is 0.0392. The summed E-state index contributed by atoms with van der Waals surface area (Å²) in [4.78, 5) is 12.5. The summed E-state index contributed by atoms with van der Waals surface area (Å²) in [6.45, 7) is 4.03. The molecule has 0 fully saturated rings. The van der Waals surface area contributed by atoms with Crippen LogP contribution < -0.4 is 11.1 Å². The van der Waals surface area contributed by atoms with Crippen LogP contribution in [-0.2, 0) is 4.79 Å². The number of nitrogens with one attached hydrogen (secondary N) is 1. The van der Waals surface area contributed by atoms with Gasteiger partial charge in [-0.2, -0.15) is 0 Å². The van der Waals surface area contributed by atoms with Gasteiger partial charge in [-0.25, -0.2) is 0 Å². The Bertz CT molecular complexity index is 539. The lowest BCUT2D eigenvalue weighted by Gasteiger charge is -2.27. The molecule has 1 amide bonds. The minimum atomic E-state index is -0.582. The molecule has 110 valence electrons. The van der Waals surface area contributed by atoms with Crippen LogP contribution in [0, 0.1) is 5.41 Å². The zero-order valence-corrected chi connectivity index (χ0v) is 12.5. The molecule has 0 aromatic heterocycles. The molecule has 3 N–H and O–H groups in total. The first kappa shape index (κ1) is 15.3. The second-order valence-corrected chi connectivity index (χ2v) is 5.82. The van der Waals surface area contributed by atoms with E-state index in [9.17, 15) is 4.79 Å². The maximum absolute atomic E-state index is 12.5. The number of amides is 1. The molecule has 21 heavy (non-hydrogen) atoms. The van der Waals surface area contributed by atoms with Crippen molar-refractivity contribution in [3.63, 3.8) is 0 Å². The van der Waals surface area contributed by atoms with Gasteiger partial charge in [0.05, 0.1) is 11.5 Å². The Balaban J connectivity index is 2.32. The van der Waals surface area contributed by atoms with Crippen LogP contribution in [0.1, 0.15) is 31.0 Å². The van der Waals surface area contributed by atoms with E-state index in [-0.39, 0.29) is 11.9 Å². The van der Waals surface area contributed by atoms with Crippen LogP contribution >= 0.6 is 0 Å². The van der Waals surface area contributed by atoms with Crippen molar-refractivity contribution in [1.82, 2.24) is 5.32 Å². The van der Waals surface area contributed by atoms with Crippen LogP contribution in [0.3, 0.4) is 0 Å². The van der Waals surface area contributed by atoms with Gasteiger partial charge < -0.3 is 11.1 Å². The smallest absolute Gasteiger partial charge is 0.227 e. The molecule has 0 saturated heterocycles. The first-order valence-electron chi connectivity index (χ1n) is 7.15. The Hall–Kier alpha value is -2.13. The van der Waals surface area contributed by atoms with Gasteiger partial charge >= 0.3 is 0 Å². The van der Waals surface area contributed by atoms with E-state index in [0.29, 0.717) is 6.54 Å². The van der Waals surface area contributed by atoms with Gasteiger partial charge in [0, 0.05) is 6.54 Å². The summed E-state index contributed by atoms with van der Waals surface area (Å²) in [6, 6.07) is 19.8. The molecule has 2 rings (SSSR count). The van der Waals surface area contributed by atoms with Crippen molar-refractivity contribution < 1.29 is 4.79 Å². The Kier molecular flexibility index (Phi) is 4.76.